The smallest absolute Gasteiger partial charge is 0.158 e. The van der Waals surface area contributed by atoms with Crippen molar-refractivity contribution in [2.75, 3.05) is 6.61 Å². The summed E-state index contributed by atoms with van der Waals surface area (Å²) in [5.74, 6) is 0. The lowest BCUT2D eigenvalue weighted by Crippen LogP contribution is -2.17. The molecule has 55 valence electrons. The molecular weight excluding hydrogens is 116 g/mol. The van der Waals surface area contributed by atoms with Gasteiger partial charge in [-0.25, -0.2) is 0 Å². The van der Waals surface area contributed by atoms with Crippen LogP contribution in [0, 0.1) is 6.92 Å². The average Bonchev–Trinajstić information content (AvgIpc) is 1.63. The Kier molecular flexibility index (Phi) is 4.72. The zero-order valence-corrected chi connectivity index (χ0v) is 6.39. The molecule has 0 aliphatic heterocycles. The summed E-state index contributed by atoms with van der Waals surface area (Å²) in [5, 5.41) is 0. The topological polar surface area (TPSA) is 18.5 Å². The van der Waals surface area contributed by atoms with Gasteiger partial charge in [-0.3, -0.25) is 0 Å². The molecule has 1 unspecified atom stereocenters. The van der Waals surface area contributed by atoms with Crippen molar-refractivity contribution in [1.29, 1.82) is 0 Å². The van der Waals surface area contributed by atoms with Crippen LogP contribution in [0.5, 0.6) is 0 Å². The van der Waals surface area contributed by atoms with E-state index in [2.05, 4.69) is 6.92 Å². The molecule has 0 aliphatic carbocycles. The van der Waals surface area contributed by atoms with Crippen LogP contribution in [0.25, 0.3) is 0 Å². The van der Waals surface area contributed by atoms with E-state index in [-0.39, 0.29) is 12.4 Å². The van der Waals surface area contributed by atoms with E-state index in [9.17, 15) is 0 Å². The lowest BCUT2D eigenvalue weighted by atomic mass is 10.5. The van der Waals surface area contributed by atoms with Crippen molar-refractivity contribution in [3.8, 4) is 0 Å². The zero-order valence-electron chi connectivity index (χ0n) is 6.39. The average molecular weight is 131 g/mol. The highest BCUT2D eigenvalue weighted by atomic mass is 16.7. The summed E-state index contributed by atoms with van der Waals surface area (Å²) in [6.45, 7) is 10.1. The minimum atomic E-state index is -0.310. The summed E-state index contributed by atoms with van der Waals surface area (Å²) in [7, 11) is 0. The number of hydrogen-bond donors (Lipinski definition) is 0. The molecule has 1 atom stereocenters. The Balaban J connectivity index is 3.15. The molecular formula is C7H15O2. The minimum absolute atomic E-state index is 0.194. The van der Waals surface area contributed by atoms with Crippen LogP contribution in [0.4, 0.5) is 0 Å². The number of ether oxygens (including phenoxy) is 2. The maximum Gasteiger partial charge on any atom is 0.158 e. The van der Waals surface area contributed by atoms with E-state index >= 15 is 0 Å². The second kappa shape index (κ2) is 4.77. The summed E-state index contributed by atoms with van der Waals surface area (Å²) in [5.41, 5.74) is 0. The molecule has 9 heavy (non-hydrogen) atoms. The highest BCUT2D eigenvalue weighted by Gasteiger charge is 2.01. The lowest BCUT2D eigenvalue weighted by molar-refractivity contribution is -0.132. The maximum atomic E-state index is 5.16. The van der Waals surface area contributed by atoms with Crippen molar-refractivity contribution < 1.29 is 9.47 Å². The maximum absolute atomic E-state index is 5.16. The van der Waals surface area contributed by atoms with Crippen LogP contribution in [0.3, 0.4) is 0 Å². The van der Waals surface area contributed by atoms with Crippen molar-refractivity contribution in [3.05, 3.63) is 6.92 Å². The summed E-state index contributed by atoms with van der Waals surface area (Å²) in [4.78, 5) is 0. The summed E-state index contributed by atoms with van der Waals surface area (Å²) >= 11 is 0. The van der Waals surface area contributed by atoms with E-state index in [4.69, 9.17) is 9.47 Å². The van der Waals surface area contributed by atoms with Crippen LogP contribution < -0.4 is 0 Å². The molecule has 0 aromatic rings. The molecule has 0 rings (SSSR count). The van der Waals surface area contributed by atoms with Crippen LogP contribution in [-0.2, 0) is 9.47 Å². The molecule has 0 aliphatic rings. The molecule has 1 radical (unpaired) electrons. The van der Waals surface area contributed by atoms with Crippen LogP contribution in [-0.4, -0.2) is 19.0 Å². The largest absolute Gasteiger partial charge is 0.353 e. The van der Waals surface area contributed by atoms with E-state index in [0.29, 0.717) is 6.61 Å². The molecule has 2 heteroatoms. The van der Waals surface area contributed by atoms with E-state index in [1.54, 1.807) is 0 Å². The predicted molar refractivity (Wildman–Crippen MR) is 37.0 cm³/mol. The van der Waals surface area contributed by atoms with Crippen LogP contribution in [0.15, 0.2) is 0 Å². The van der Waals surface area contributed by atoms with Crippen molar-refractivity contribution in [1.82, 2.24) is 0 Å². The Bertz CT molecular complexity index is 61.9. The molecule has 0 fully saturated rings. The fourth-order valence-electron chi connectivity index (χ4n) is 0.529. The molecule has 0 aromatic carbocycles. The third kappa shape index (κ3) is 5.80. The lowest BCUT2D eigenvalue weighted by Gasteiger charge is -2.14. The van der Waals surface area contributed by atoms with E-state index in [0.717, 1.165) is 0 Å². The van der Waals surface area contributed by atoms with Gasteiger partial charge in [-0.2, -0.15) is 0 Å². The quantitative estimate of drug-likeness (QED) is 0.540. The summed E-state index contributed by atoms with van der Waals surface area (Å²) in [6, 6.07) is 0. The van der Waals surface area contributed by atoms with Gasteiger partial charge in [-0.1, -0.05) is 0 Å². The zero-order chi connectivity index (χ0) is 7.28. The van der Waals surface area contributed by atoms with E-state index in [1.807, 2.05) is 20.8 Å². The molecule has 0 saturated carbocycles. The van der Waals surface area contributed by atoms with Gasteiger partial charge in [0.2, 0.25) is 0 Å². The highest BCUT2D eigenvalue weighted by molar-refractivity contribution is 4.46. The van der Waals surface area contributed by atoms with Gasteiger partial charge in [0.25, 0.3) is 0 Å². The van der Waals surface area contributed by atoms with Gasteiger partial charge in [0.15, 0.2) is 6.29 Å². The van der Waals surface area contributed by atoms with Crippen molar-refractivity contribution in [2.45, 2.75) is 33.2 Å². The fourth-order valence-corrected chi connectivity index (χ4v) is 0.529. The third-order valence-corrected chi connectivity index (χ3v) is 0.777. The van der Waals surface area contributed by atoms with E-state index < -0.39 is 0 Å². The first-order valence-corrected chi connectivity index (χ1v) is 3.27. The van der Waals surface area contributed by atoms with E-state index in [1.165, 1.54) is 0 Å². The fraction of sp³-hybridized carbons (Fsp3) is 0.857. The second-order valence-corrected chi connectivity index (χ2v) is 2.07. The molecule has 0 spiro atoms. The summed E-state index contributed by atoms with van der Waals surface area (Å²) < 4.78 is 10.2. The van der Waals surface area contributed by atoms with Gasteiger partial charge < -0.3 is 9.47 Å². The molecule has 2 nitrogen and oxygen atoms in total. The first-order chi connectivity index (χ1) is 4.16. The first-order valence-electron chi connectivity index (χ1n) is 3.27. The Labute approximate surface area is 57.2 Å². The molecule has 0 saturated heterocycles. The first kappa shape index (κ1) is 8.92. The molecule has 0 heterocycles. The molecule has 0 N–H and O–H groups in total. The van der Waals surface area contributed by atoms with Gasteiger partial charge in [0.05, 0.1) is 6.10 Å². The summed E-state index contributed by atoms with van der Waals surface area (Å²) in [6.07, 6.45) is -0.117. The van der Waals surface area contributed by atoms with Crippen molar-refractivity contribution in [2.24, 2.45) is 0 Å². The normalized spacial score (nSPS) is 14.3. The SMILES string of the molecule is [CH2]C(OCC)OC(C)C. The Morgan fingerprint density at radius 2 is 2.00 bits per heavy atom. The van der Waals surface area contributed by atoms with Crippen molar-refractivity contribution in [3.63, 3.8) is 0 Å². The third-order valence-electron chi connectivity index (χ3n) is 0.777. The van der Waals surface area contributed by atoms with Crippen LogP contribution in [0.1, 0.15) is 20.8 Å². The Hall–Kier alpha value is -0.0800. The predicted octanol–water partition coefficient (Wildman–Crippen LogP) is 1.61. The van der Waals surface area contributed by atoms with Gasteiger partial charge in [-0.15, -0.1) is 0 Å². The standard InChI is InChI=1S/C7H15O2/c1-5-8-7(4)9-6(2)3/h6-7H,4-5H2,1-3H3. The molecule has 0 amide bonds. The highest BCUT2D eigenvalue weighted by Crippen LogP contribution is 1.96. The molecule has 0 bridgehead atoms. The van der Waals surface area contributed by atoms with Crippen molar-refractivity contribution >= 4 is 0 Å². The second-order valence-electron chi connectivity index (χ2n) is 2.07. The minimum Gasteiger partial charge on any atom is -0.353 e. The van der Waals surface area contributed by atoms with Crippen LogP contribution >= 0.6 is 0 Å². The molecule has 0 aromatic heterocycles. The number of hydrogen-bond acceptors (Lipinski definition) is 2. The number of rotatable bonds is 4. The monoisotopic (exact) mass is 131 g/mol. The van der Waals surface area contributed by atoms with Gasteiger partial charge in [0.1, 0.15) is 0 Å². The van der Waals surface area contributed by atoms with Gasteiger partial charge >= 0.3 is 0 Å². The Morgan fingerprint density at radius 3 is 2.33 bits per heavy atom. The Morgan fingerprint density at radius 1 is 1.44 bits per heavy atom. The van der Waals surface area contributed by atoms with Gasteiger partial charge in [0, 0.05) is 13.5 Å². The van der Waals surface area contributed by atoms with Gasteiger partial charge in [-0.05, 0) is 20.8 Å². The van der Waals surface area contributed by atoms with Crippen LogP contribution in [0.2, 0.25) is 0 Å².